The molecular formula is C14H27N3O. The Balaban J connectivity index is 1.75. The second-order valence-corrected chi connectivity index (χ2v) is 5.74. The van der Waals surface area contributed by atoms with E-state index in [0.29, 0.717) is 12.1 Å². The van der Waals surface area contributed by atoms with Crippen molar-refractivity contribution >= 4 is 6.03 Å². The third-order valence-corrected chi connectivity index (χ3v) is 4.42. The molecule has 1 N–H and O–H groups in total. The van der Waals surface area contributed by atoms with E-state index in [1.54, 1.807) is 0 Å². The number of likely N-dealkylation sites (tertiary alicyclic amines) is 1. The fraction of sp³-hybridized carbons (Fsp3) is 0.929. The van der Waals surface area contributed by atoms with E-state index in [0.717, 1.165) is 25.9 Å². The predicted molar refractivity (Wildman–Crippen MR) is 73.7 cm³/mol. The highest BCUT2D eigenvalue weighted by Crippen LogP contribution is 2.19. The van der Waals surface area contributed by atoms with Crippen LogP contribution in [0.5, 0.6) is 0 Å². The van der Waals surface area contributed by atoms with E-state index >= 15 is 0 Å². The Bertz CT molecular complexity index is 276. The fourth-order valence-corrected chi connectivity index (χ4v) is 3.27. The molecule has 0 bridgehead atoms. The van der Waals surface area contributed by atoms with Gasteiger partial charge in [0, 0.05) is 25.7 Å². The molecule has 1 saturated carbocycles. The summed E-state index contributed by atoms with van der Waals surface area (Å²) in [7, 11) is 1.93. The van der Waals surface area contributed by atoms with Crippen LogP contribution in [0.3, 0.4) is 0 Å². The van der Waals surface area contributed by atoms with Gasteiger partial charge in [-0.15, -0.1) is 0 Å². The van der Waals surface area contributed by atoms with E-state index in [9.17, 15) is 4.79 Å². The standard InChI is InChI=1S/C14H27N3O/c1-3-17-10-6-9-13(17)11-16(2)14(18)15-12-7-4-5-8-12/h12-13H,3-11H2,1-2H3,(H,15,18). The molecule has 2 rings (SSSR count). The molecular weight excluding hydrogens is 226 g/mol. The summed E-state index contributed by atoms with van der Waals surface area (Å²) in [5, 5.41) is 3.15. The molecule has 0 aromatic rings. The molecule has 2 aliphatic rings. The number of urea groups is 1. The lowest BCUT2D eigenvalue weighted by Gasteiger charge is -2.28. The van der Waals surface area contributed by atoms with Crippen LogP contribution in [0.2, 0.25) is 0 Å². The van der Waals surface area contributed by atoms with Crippen molar-refractivity contribution in [3.05, 3.63) is 0 Å². The second-order valence-electron chi connectivity index (χ2n) is 5.74. The van der Waals surface area contributed by atoms with Crippen molar-refractivity contribution in [2.45, 2.75) is 57.5 Å². The van der Waals surface area contributed by atoms with E-state index in [1.165, 1.54) is 32.2 Å². The largest absolute Gasteiger partial charge is 0.335 e. The number of amides is 2. The van der Waals surface area contributed by atoms with E-state index in [2.05, 4.69) is 17.1 Å². The van der Waals surface area contributed by atoms with Crippen LogP contribution >= 0.6 is 0 Å². The number of carbonyl (C=O) groups is 1. The Morgan fingerprint density at radius 3 is 2.67 bits per heavy atom. The van der Waals surface area contributed by atoms with Crippen molar-refractivity contribution in [1.29, 1.82) is 0 Å². The first-order valence-corrected chi connectivity index (χ1v) is 7.46. The third-order valence-electron chi connectivity index (χ3n) is 4.42. The Morgan fingerprint density at radius 1 is 1.28 bits per heavy atom. The summed E-state index contributed by atoms with van der Waals surface area (Å²) in [4.78, 5) is 16.4. The second kappa shape index (κ2) is 6.41. The van der Waals surface area contributed by atoms with Gasteiger partial charge in [-0.2, -0.15) is 0 Å². The summed E-state index contributed by atoms with van der Waals surface area (Å²) >= 11 is 0. The van der Waals surface area contributed by atoms with Crippen LogP contribution in [0, 0.1) is 0 Å². The minimum Gasteiger partial charge on any atom is -0.335 e. The smallest absolute Gasteiger partial charge is 0.317 e. The summed E-state index contributed by atoms with van der Waals surface area (Å²) < 4.78 is 0. The van der Waals surface area contributed by atoms with Crippen LogP contribution in [0.1, 0.15) is 45.4 Å². The zero-order chi connectivity index (χ0) is 13.0. The van der Waals surface area contributed by atoms with Gasteiger partial charge in [0.2, 0.25) is 0 Å². The van der Waals surface area contributed by atoms with Gasteiger partial charge in [0.1, 0.15) is 0 Å². The topological polar surface area (TPSA) is 35.6 Å². The van der Waals surface area contributed by atoms with Crippen LogP contribution in [0.4, 0.5) is 4.79 Å². The molecule has 2 fully saturated rings. The zero-order valence-electron chi connectivity index (χ0n) is 11.8. The molecule has 1 saturated heterocycles. The summed E-state index contributed by atoms with van der Waals surface area (Å²) in [6, 6.07) is 1.10. The van der Waals surface area contributed by atoms with Gasteiger partial charge >= 0.3 is 6.03 Å². The highest BCUT2D eigenvalue weighted by molar-refractivity contribution is 5.74. The number of hydrogen-bond donors (Lipinski definition) is 1. The van der Waals surface area contributed by atoms with E-state index in [1.807, 2.05) is 11.9 Å². The molecule has 4 nitrogen and oxygen atoms in total. The first-order chi connectivity index (χ1) is 8.70. The molecule has 0 aromatic carbocycles. The van der Waals surface area contributed by atoms with Crippen molar-refractivity contribution < 1.29 is 4.79 Å². The van der Waals surface area contributed by atoms with Crippen molar-refractivity contribution in [2.75, 3.05) is 26.7 Å². The zero-order valence-corrected chi connectivity index (χ0v) is 11.8. The number of rotatable bonds is 4. The minimum atomic E-state index is 0.116. The first-order valence-electron chi connectivity index (χ1n) is 7.46. The Hall–Kier alpha value is -0.770. The monoisotopic (exact) mass is 253 g/mol. The van der Waals surface area contributed by atoms with Gasteiger partial charge in [0.25, 0.3) is 0 Å². The fourth-order valence-electron chi connectivity index (χ4n) is 3.27. The molecule has 0 radical (unpaired) electrons. The van der Waals surface area contributed by atoms with Gasteiger partial charge in [-0.3, -0.25) is 4.90 Å². The average molecular weight is 253 g/mol. The van der Waals surface area contributed by atoms with Gasteiger partial charge < -0.3 is 10.2 Å². The van der Waals surface area contributed by atoms with Crippen LogP contribution in [0.25, 0.3) is 0 Å². The number of nitrogens with one attached hydrogen (secondary N) is 1. The molecule has 2 amide bonds. The van der Waals surface area contributed by atoms with E-state index < -0.39 is 0 Å². The quantitative estimate of drug-likeness (QED) is 0.832. The molecule has 1 unspecified atom stereocenters. The van der Waals surface area contributed by atoms with Crippen LogP contribution < -0.4 is 5.32 Å². The van der Waals surface area contributed by atoms with Gasteiger partial charge in [-0.25, -0.2) is 4.79 Å². The lowest BCUT2D eigenvalue weighted by molar-refractivity contribution is 0.178. The van der Waals surface area contributed by atoms with Crippen LogP contribution in [-0.2, 0) is 0 Å². The molecule has 4 heteroatoms. The van der Waals surface area contributed by atoms with Gasteiger partial charge in [-0.1, -0.05) is 19.8 Å². The maximum atomic E-state index is 12.1. The maximum absolute atomic E-state index is 12.1. The first kappa shape index (κ1) is 13.7. The highest BCUT2D eigenvalue weighted by Gasteiger charge is 2.26. The lowest BCUT2D eigenvalue weighted by Crippen LogP contribution is -2.47. The van der Waals surface area contributed by atoms with E-state index in [4.69, 9.17) is 0 Å². The average Bonchev–Trinajstić information content (AvgIpc) is 2.99. The molecule has 104 valence electrons. The Morgan fingerprint density at radius 2 is 2.00 bits per heavy atom. The molecule has 0 spiro atoms. The maximum Gasteiger partial charge on any atom is 0.317 e. The summed E-state index contributed by atoms with van der Waals surface area (Å²) in [5.41, 5.74) is 0. The number of likely N-dealkylation sites (N-methyl/N-ethyl adjacent to an activating group) is 2. The molecule has 1 aliphatic heterocycles. The molecule has 0 aromatic heterocycles. The SMILES string of the molecule is CCN1CCCC1CN(C)C(=O)NC1CCCC1. The number of hydrogen-bond acceptors (Lipinski definition) is 2. The van der Waals surface area contributed by atoms with Gasteiger partial charge in [-0.05, 0) is 38.8 Å². The van der Waals surface area contributed by atoms with Crippen molar-refractivity contribution in [1.82, 2.24) is 15.1 Å². The number of nitrogens with zero attached hydrogens (tertiary/aromatic N) is 2. The minimum absolute atomic E-state index is 0.116. The van der Waals surface area contributed by atoms with Crippen molar-refractivity contribution in [3.63, 3.8) is 0 Å². The van der Waals surface area contributed by atoms with E-state index in [-0.39, 0.29) is 6.03 Å². The number of carbonyl (C=O) groups excluding carboxylic acids is 1. The summed E-state index contributed by atoms with van der Waals surface area (Å²) in [6.07, 6.45) is 7.35. The molecule has 1 aliphatic carbocycles. The Labute approximate surface area is 111 Å². The third kappa shape index (κ3) is 3.37. The van der Waals surface area contributed by atoms with Crippen LogP contribution in [-0.4, -0.2) is 54.6 Å². The summed E-state index contributed by atoms with van der Waals surface area (Å²) in [5.74, 6) is 0. The van der Waals surface area contributed by atoms with Gasteiger partial charge in [0.05, 0.1) is 0 Å². The molecule has 1 atom stereocenters. The van der Waals surface area contributed by atoms with Crippen molar-refractivity contribution in [2.24, 2.45) is 0 Å². The van der Waals surface area contributed by atoms with Crippen LogP contribution in [0.15, 0.2) is 0 Å². The predicted octanol–water partition coefficient (Wildman–Crippen LogP) is 2.05. The molecule has 1 heterocycles. The molecule has 18 heavy (non-hydrogen) atoms. The lowest BCUT2D eigenvalue weighted by atomic mass is 10.2. The highest BCUT2D eigenvalue weighted by atomic mass is 16.2. The van der Waals surface area contributed by atoms with Crippen molar-refractivity contribution in [3.8, 4) is 0 Å². The van der Waals surface area contributed by atoms with Gasteiger partial charge in [0.15, 0.2) is 0 Å². The Kier molecular flexibility index (Phi) is 4.87. The normalized spacial score (nSPS) is 25.6. The summed E-state index contributed by atoms with van der Waals surface area (Å²) in [6.45, 7) is 5.37.